The minimum atomic E-state index is -0.508. The van der Waals surface area contributed by atoms with Crippen molar-refractivity contribution in [2.24, 2.45) is 0 Å². The van der Waals surface area contributed by atoms with Gasteiger partial charge < -0.3 is 16.0 Å². The summed E-state index contributed by atoms with van der Waals surface area (Å²) in [4.78, 5) is 35.2. The maximum absolute atomic E-state index is 12.4. The summed E-state index contributed by atoms with van der Waals surface area (Å²) < 4.78 is 0. The van der Waals surface area contributed by atoms with Crippen LogP contribution in [0.2, 0.25) is 0 Å². The van der Waals surface area contributed by atoms with Crippen LogP contribution in [0.25, 0.3) is 0 Å². The number of benzene rings is 3. The van der Waals surface area contributed by atoms with Gasteiger partial charge in [-0.2, -0.15) is 0 Å². The molecule has 0 bridgehead atoms. The Morgan fingerprint density at radius 3 is 2.29 bits per heavy atom. The number of non-ortho nitro benzene ring substituents is 1. The fourth-order valence-electron chi connectivity index (χ4n) is 2.97. The maximum Gasteiger partial charge on any atom is 0.271 e. The van der Waals surface area contributed by atoms with Crippen LogP contribution in [0.5, 0.6) is 0 Å². The van der Waals surface area contributed by atoms with Gasteiger partial charge in [0, 0.05) is 29.1 Å². The Morgan fingerprint density at radius 2 is 1.58 bits per heavy atom. The van der Waals surface area contributed by atoms with Crippen molar-refractivity contribution >= 4 is 34.6 Å². The van der Waals surface area contributed by atoms with Crippen LogP contribution in [0.15, 0.2) is 66.7 Å². The van der Waals surface area contributed by atoms with E-state index in [1.807, 2.05) is 13.0 Å². The standard InChI is InChI=1S/C23H22N4O4/c1-15-11-12-18(27(30)31)13-21(15)25-22(28)14-24-19-9-6-10-20(16(19)2)26-23(29)17-7-4-3-5-8-17/h3-13,24H,14H2,1-2H3,(H,25,28)(H,26,29). The number of anilines is 3. The summed E-state index contributed by atoms with van der Waals surface area (Å²) in [5, 5.41) is 19.6. The number of nitrogens with one attached hydrogen (secondary N) is 3. The molecule has 2 amide bonds. The first kappa shape index (κ1) is 21.5. The van der Waals surface area contributed by atoms with Crippen molar-refractivity contribution in [3.05, 3.63) is 93.5 Å². The van der Waals surface area contributed by atoms with Gasteiger partial charge in [0.2, 0.25) is 5.91 Å². The zero-order valence-corrected chi connectivity index (χ0v) is 17.1. The Bertz CT molecular complexity index is 1130. The van der Waals surface area contributed by atoms with E-state index in [0.717, 1.165) is 11.1 Å². The molecule has 0 radical (unpaired) electrons. The Kier molecular flexibility index (Phi) is 6.61. The number of carbonyl (C=O) groups excluding carboxylic acids is 2. The van der Waals surface area contributed by atoms with Gasteiger partial charge in [0.15, 0.2) is 0 Å². The van der Waals surface area contributed by atoms with Crippen molar-refractivity contribution < 1.29 is 14.5 Å². The zero-order valence-electron chi connectivity index (χ0n) is 17.1. The van der Waals surface area contributed by atoms with Gasteiger partial charge in [0.25, 0.3) is 11.6 Å². The average Bonchev–Trinajstić information content (AvgIpc) is 2.76. The normalized spacial score (nSPS) is 10.3. The molecular formula is C23H22N4O4. The summed E-state index contributed by atoms with van der Waals surface area (Å²) >= 11 is 0. The van der Waals surface area contributed by atoms with Crippen molar-refractivity contribution in [3.63, 3.8) is 0 Å². The number of rotatable bonds is 7. The van der Waals surface area contributed by atoms with Crippen LogP contribution in [0, 0.1) is 24.0 Å². The second-order valence-electron chi connectivity index (χ2n) is 6.96. The van der Waals surface area contributed by atoms with E-state index in [2.05, 4.69) is 16.0 Å². The lowest BCUT2D eigenvalue weighted by Crippen LogP contribution is -2.22. The highest BCUT2D eigenvalue weighted by Gasteiger charge is 2.13. The van der Waals surface area contributed by atoms with E-state index in [-0.39, 0.29) is 24.0 Å². The topological polar surface area (TPSA) is 113 Å². The largest absolute Gasteiger partial charge is 0.376 e. The quantitative estimate of drug-likeness (QED) is 0.386. The molecule has 0 heterocycles. The molecule has 0 unspecified atom stereocenters. The van der Waals surface area contributed by atoms with Gasteiger partial charge in [0.1, 0.15) is 0 Å². The van der Waals surface area contributed by atoms with E-state index in [1.54, 1.807) is 55.5 Å². The van der Waals surface area contributed by atoms with Crippen molar-refractivity contribution in [1.82, 2.24) is 0 Å². The van der Waals surface area contributed by atoms with E-state index in [9.17, 15) is 19.7 Å². The molecule has 0 saturated heterocycles. The first-order valence-corrected chi connectivity index (χ1v) is 9.60. The molecule has 3 N–H and O–H groups in total. The summed E-state index contributed by atoms with van der Waals surface area (Å²) in [6.07, 6.45) is 0. The van der Waals surface area contributed by atoms with Crippen LogP contribution >= 0.6 is 0 Å². The third-order valence-electron chi connectivity index (χ3n) is 4.76. The fourth-order valence-corrected chi connectivity index (χ4v) is 2.97. The highest BCUT2D eigenvalue weighted by atomic mass is 16.6. The number of amides is 2. The molecule has 0 atom stereocenters. The van der Waals surface area contributed by atoms with Gasteiger partial charge in [-0.1, -0.05) is 30.3 Å². The molecule has 158 valence electrons. The lowest BCUT2D eigenvalue weighted by atomic mass is 10.1. The van der Waals surface area contributed by atoms with E-state index in [4.69, 9.17) is 0 Å². The molecule has 31 heavy (non-hydrogen) atoms. The number of nitro benzene ring substituents is 1. The van der Waals surface area contributed by atoms with Gasteiger partial charge in [-0.15, -0.1) is 0 Å². The summed E-state index contributed by atoms with van der Waals surface area (Å²) in [7, 11) is 0. The maximum atomic E-state index is 12.4. The summed E-state index contributed by atoms with van der Waals surface area (Å²) in [6, 6.07) is 18.6. The summed E-state index contributed by atoms with van der Waals surface area (Å²) in [5.74, 6) is -0.568. The van der Waals surface area contributed by atoms with Gasteiger partial charge in [0.05, 0.1) is 17.2 Å². The van der Waals surface area contributed by atoms with Crippen LogP contribution in [0.1, 0.15) is 21.5 Å². The predicted octanol–water partition coefficient (Wildman–Crippen LogP) is 4.51. The van der Waals surface area contributed by atoms with E-state index >= 15 is 0 Å². The second-order valence-corrected chi connectivity index (χ2v) is 6.96. The summed E-state index contributed by atoms with van der Waals surface area (Å²) in [6.45, 7) is 3.56. The van der Waals surface area contributed by atoms with Crippen molar-refractivity contribution in [2.75, 3.05) is 22.5 Å². The predicted molar refractivity (Wildman–Crippen MR) is 121 cm³/mol. The zero-order chi connectivity index (χ0) is 22.4. The molecule has 0 aliphatic carbocycles. The molecule has 0 saturated carbocycles. The number of hydrogen-bond acceptors (Lipinski definition) is 5. The minimum absolute atomic E-state index is 0.0426. The monoisotopic (exact) mass is 418 g/mol. The molecule has 0 aliphatic rings. The SMILES string of the molecule is Cc1ccc([N+](=O)[O-])cc1NC(=O)CNc1cccc(NC(=O)c2ccccc2)c1C. The molecule has 0 spiro atoms. The first-order chi connectivity index (χ1) is 14.8. The third kappa shape index (κ3) is 5.45. The number of nitrogens with zero attached hydrogens (tertiary/aromatic N) is 1. The van der Waals surface area contributed by atoms with Crippen LogP contribution in [0.4, 0.5) is 22.7 Å². The van der Waals surface area contributed by atoms with Gasteiger partial charge in [-0.05, 0) is 49.2 Å². The van der Waals surface area contributed by atoms with Crippen LogP contribution in [0.3, 0.4) is 0 Å². The Balaban J connectivity index is 1.65. The highest BCUT2D eigenvalue weighted by Crippen LogP contribution is 2.24. The van der Waals surface area contributed by atoms with E-state index in [0.29, 0.717) is 22.6 Å². The Hall–Kier alpha value is -4.20. The Labute approximate surface area is 179 Å². The van der Waals surface area contributed by atoms with Crippen LogP contribution in [-0.4, -0.2) is 23.3 Å². The molecule has 0 aromatic heterocycles. The fraction of sp³-hybridized carbons (Fsp3) is 0.130. The lowest BCUT2D eigenvalue weighted by Gasteiger charge is -2.15. The molecule has 3 aromatic rings. The highest BCUT2D eigenvalue weighted by molar-refractivity contribution is 6.05. The minimum Gasteiger partial charge on any atom is -0.376 e. The average molecular weight is 418 g/mol. The second kappa shape index (κ2) is 9.53. The lowest BCUT2D eigenvalue weighted by molar-refractivity contribution is -0.384. The third-order valence-corrected chi connectivity index (χ3v) is 4.76. The number of carbonyl (C=O) groups is 2. The van der Waals surface area contributed by atoms with Gasteiger partial charge >= 0.3 is 0 Å². The molecule has 0 aliphatic heterocycles. The number of aryl methyl sites for hydroxylation is 1. The number of nitro groups is 1. The van der Waals surface area contributed by atoms with E-state index in [1.165, 1.54) is 12.1 Å². The summed E-state index contributed by atoms with van der Waals surface area (Å²) in [5.41, 5.74) is 3.68. The Morgan fingerprint density at radius 1 is 0.871 bits per heavy atom. The number of hydrogen-bond donors (Lipinski definition) is 3. The molecule has 3 aromatic carbocycles. The molecule has 8 heteroatoms. The van der Waals surface area contributed by atoms with Crippen LogP contribution in [-0.2, 0) is 4.79 Å². The van der Waals surface area contributed by atoms with Gasteiger partial charge in [-0.3, -0.25) is 19.7 Å². The molecular weight excluding hydrogens is 396 g/mol. The molecule has 0 fully saturated rings. The van der Waals surface area contributed by atoms with Crippen LogP contribution < -0.4 is 16.0 Å². The molecule has 3 rings (SSSR count). The van der Waals surface area contributed by atoms with Crippen molar-refractivity contribution in [3.8, 4) is 0 Å². The molecule has 8 nitrogen and oxygen atoms in total. The smallest absolute Gasteiger partial charge is 0.271 e. The van der Waals surface area contributed by atoms with Crippen molar-refractivity contribution in [1.29, 1.82) is 0 Å². The van der Waals surface area contributed by atoms with Gasteiger partial charge in [-0.25, -0.2) is 0 Å². The van der Waals surface area contributed by atoms with E-state index < -0.39 is 4.92 Å². The first-order valence-electron chi connectivity index (χ1n) is 9.60. The van der Waals surface area contributed by atoms with Crippen molar-refractivity contribution in [2.45, 2.75) is 13.8 Å².